The Bertz CT molecular complexity index is 539. The molecule has 0 aliphatic carbocycles. The van der Waals surface area contributed by atoms with E-state index >= 15 is 0 Å². The number of aryl methyl sites for hydroxylation is 1. The molecule has 118 valence electrons. The van der Waals surface area contributed by atoms with E-state index < -0.39 is 0 Å². The zero-order valence-corrected chi connectivity index (χ0v) is 13.9. The minimum atomic E-state index is -0.348. The van der Waals surface area contributed by atoms with Gasteiger partial charge in [0.15, 0.2) is 0 Å². The van der Waals surface area contributed by atoms with Gasteiger partial charge in [0.2, 0.25) is 0 Å². The second-order valence-electron chi connectivity index (χ2n) is 6.05. The Morgan fingerprint density at radius 2 is 1.36 bits per heavy atom. The van der Waals surface area contributed by atoms with E-state index in [0.717, 1.165) is 12.0 Å². The molecule has 0 fully saturated rings. The molecule has 1 unspecified atom stereocenters. The molecular weight excluding hydrogens is 268 g/mol. The van der Waals surface area contributed by atoms with Crippen LogP contribution in [0, 0.1) is 0 Å². The lowest BCUT2D eigenvalue weighted by Gasteiger charge is -2.09. The summed E-state index contributed by atoms with van der Waals surface area (Å²) in [5.41, 5.74) is 4.89. The molecule has 2 aromatic carbocycles. The first-order valence-electron chi connectivity index (χ1n) is 8.62. The van der Waals surface area contributed by atoms with Crippen LogP contribution in [-0.2, 0) is 6.42 Å². The van der Waals surface area contributed by atoms with Crippen molar-refractivity contribution in [1.29, 1.82) is 0 Å². The lowest BCUT2D eigenvalue weighted by Crippen LogP contribution is -1.94. The minimum absolute atomic E-state index is 0.348. The first-order chi connectivity index (χ1) is 10.7. The van der Waals surface area contributed by atoms with Crippen LogP contribution in [0.2, 0.25) is 0 Å². The van der Waals surface area contributed by atoms with Crippen molar-refractivity contribution in [2.24, 2.45) is 0 Å². The Morgan fingerprint density at radius 1 is 0.773 bits per heavy atom. The Balaban J connectivity index is 1.97. The van der Waals surface area contributed by atoms with Crippen LogP contribution in [-0.4, -0.2) is 5.11 Å². The Kier molecular flexibility index (Phi) is 6.67. The molecule has 0 saturated carbocycles. The van der Waals surface area contributed by atoms with Gasteiger partial charge in [-0.1, -0.05) is 81.6 Å². The Labute approximate surface area is 135 Å². The zero-order chi connectivity index (χ0) is 15.8. The summed E-state index contributed by atoms with van der Waals surface area (Å²) in [6, 6.07) is 17.2. The van der Waals surface area contributed by atoms with E-state index in [0.29, 0.717) is 0 Å². The molecule has 0 aliphatic rings. The van der Waals surface area contributed by atoms with Gasteiger partial charge in [0.05, 0.1) is 6.10 Å². The quantitative estimate of drug-likeness (QED) is 0.599. The summed E-state index contributed by atoms with van der Waals surface area (Å²) in [5, 5.41) is 9.85. The van der Waals surface area contributed by atoms with E-state index in [1.54, 1.807) is 0 Å². The number of aliphatic hydroxyl groups is 1. The van der Waals surface area contributed by atoms with Crippen molar-refractivity contribution in [3.05, 3.63) is 59.7 Å². The molecule has 0 bridgehead atoms. The smallest absolute Gasteiger partial charge is 0.0787 e. The van der Waals surface area contributed by atoms with Gasteiger partial charge in [0.25, 0.3) is 0 Å². The van der Waals surface area contributed by atoms with Gasteiger partial charge in [0, 0.05) is 0 Å². The molecular formula is C21H28O. The van der Waals surface area contributed by atoms with Gasteiger partial charge in [-0.25, -0.2) is 0 Å². The molecule has 1 nitrogen and oxygen atoms in total. The monoisotopic (exact) mass is 296 g/mol. The van der Waals surface area contributed by atoms with Crippen molar-refractivity contribution < 1.29 is 5.11 Å². The fourth-order valence-corrected chi connectivity index (χ4v) is 2.75. The van der Waals surface area contributed by atoms with Crippen LogP contribution in [0.15, 0.2) is 48.5 Å². The average Bonchev–Trinajstić information content (AvgIpc) is 2.59. The molecule has 1 heteroatoms. The molecule has 0 saturated heterocycles. The summed E-state index contributed by atoms with van der Waals surface area (Å²) < 4.78 is 0. The van der Waals surface area contributed by atoms with E-state index in [4.69, 9.17) is 0 Å². The number of unbranched alkanes of at least 4 members (excludes halogenated alkanes) is 3. The van der Waals surface area contributed by atoms with Crippen LogP contribution in [0.25, 0.3) is 11.1 Å². The summed E-state index contributed by atoms with van der Waals surface area (Å²) in [6.07, 6.45) is 6.85. The molecule has 0 spiro atoms. The SMILES string of the molecule is CCCCCCc1ccc(-c2ccc(C(O)CC)cc2)cc1. The summed E-state index contributed by atoms with van der Waals surface area (Å²) in [5.74, 6) is 0. The van der Waals surface area contributed by atoms with E-state index in [9.17, 15) is 5.11 Å². The number of benzene rings is 2. The van der Waals surface area contributed by atoms with Crippen LogP contribution in [0.1, 0.15) is 63.2 Å². The third-order valence-electron chi connectivity index (χ3n) is 4.29. The zero-order valence-electron chi connectivity index (χ0n) is 13.9. The highest BCUT2D eigenvalue weighted by Crippen LogP contribution is 2.24. The summed E-state index contributed by atoms with van der Waals surface area (Å²) in [7, 11) is 0. The normalized spacial score (nSPS) is 12.3. The topological polar surface area (TPSA) is 20.2 Å². The van der Waals surface area contributed by atoms with Crippen molar-refractivity contribution >= 4 is 0 Å². The lowest BCUT2D eigenvalue weighted by molar-refractivity contribution is 0.173. The molecule has 0 amide bonds. The Hall–Kier alpha value is -1.60. The van der Waals surface area contributed by atoms with E-state index in [1.165, 1.54) is 48.8 Å². The fraction of sp³-hybridized carbons (Fsp3) is 0.429. The van der Waals surface area contributed by atoms with Crippen LogP contribution >= 0.6 is 0 Å². The van der Waals surface area contributed by atoms with Crippen molar-refractivity contribution in [2.75, 3.05) is 0 Å². The van der Waals surface area contributed by atoms with Crippen LogP contribution < -0.4 is 0 Å². The van der Waals surface area contributed by atoms with Gasteiger partial charge in [-0.15, -0.1) is 0 Å². The first kappa shape index (κ1) is 16.8. The largest absolute Gasteiger partial charge is 0.388 e. The number of hydrogen-bond acceptors (Lipinski definition) is 1. The molecule has 0 heterocycles. The average molecular weight is 296 g/mol. The maximum Gasteiger partial charge on any atom is 0.0787 e. The lowest BCUT2D eigenvalue weighted by atomic mass is 9.99. The van der Waals surface area contributed by atoms with Gasteiger partial charge < -0.3 is 5.11 Å². The third kappa shape index (κ3) is 4.71. The maximum absolute atomic E-state index is 9.85. The highest BCUT2D eigenvalue weighted by molar-refractivity contribution is 5.64. The molecule has 0 aromatic heterocycles. The van der Waals surface area contributed by atoms with Crippen LogP contribution in [0.5, 0.6) is 0 Å². The van der Waals surface area contributed by atoms with Crippen molar-refractivity contribution in [2.45, 2.75) is 58.5 Å². The fourth-order valence-electron chi connectivity index (χ4n) is 2.75. The van der Waals surface area contributed by atoms with Crippen LogP contribution in [0.4, 0.5) is 0 Å². The standard InChI is InChI=1S/C21H28O/c1-3-5-6-7-8-17-9-11-18(12-10-17)19-13-15-20(16-14-19)21(22)4-2/h9-16,21-22H,3-8H2,1-2H3. The number of aliphatic hydroxyl groups excluding tert-OH is 1. The molecule has 2 rings (SSSR count). The van der Waals surface area contributed by atoms with Crippen molar-refractivity contribution in [3.8, 4) is 11.1 Å². The molecule has 1 N–H and O–H groups in total. The van der Waals surface area contributed by atoms with Gasteiger partial charge in [-0.2, -0.15) is 0 Å². The van der Waals surface area contributed by atoms with E-state index in [-0.39, 0.29) is 6.10 Å². The summed E-state index contributed by atoms with van der Waals surface area (Å²) in [6.45, 7) is 4.25. The second kappa shape index (κ2) is 8.75. The minimum Gasteiger partial charge on any atom is -0.388 e. The van der Waals surface area contributed by atoms with Gasteiger partial charge in [0.1, 0.15) is 0 Å². The van der Waals surface area contributed by atoms with Gasteiger partial charge in [-0.05, 0) is 41.5 Å². The number of rotatable bonds is 8. The molecule has 1 atom stereocenters. The molecule has 0 radical (unpaired) electrons. The van der Waals surface area contributed by atoms with Gasteiger partial charge >= 0.3 is 0 Å². The molecule has 22 heavy (non-hydrogen) atoms. The van der Waals surface area contributed by atoms with E-state index in [2.05, 4.69) is 43.3 Å². The predicted octanol–water partition coefficient (Wildman–Crippen LogP) is 5.92. The highest BCUT2D eigenvalue weighted by atomic mass is 16.3. The first-order valence-corrected chi connectivity index (χ1v) is 8.62. The van der Waals surface area contributed by atoms with E-state index in [1.807, 2.05) is 19.1 Å². The number of hydrogen-bond donors (Lipinski definition) is 1. The molecule has 2 aromatic rings. The van der Waals surface area contributed by atoms with Crippen molar-refractivity contribution in [1.82, 2.24) is 0 Å². The van der Waals surface area contributed by atoms with Crippen LogP contribution in [0.3, 0.4) is 0 Å². The second-order valence-corrected chi connectivity index (χ2v) is 6.05. The van der Waals surface area contributed by atoms with Crippen molar-refractivity contribution in [3.63, 3.8) is 0 Å². The predicted molar refractivity (Wildman–Crippen MR) is 95.0 cm³/mol. The molecule has 0 aliphatic heterocycles. The maximum atomic E-state index is 9.85. The highest BCUT2D eigenvalue weighted by Gasteiger charge is 2.05. The third-order valence-corrected chi connectivity index (χ3v) is 4.29. The summed E-state index contributed by atoms with van der Waals surface area (Å²) in [4.78, 5) is 0. The van der Waals surface area contributed by atoms with Gasteiger partial charge in [-0.3, -0.25) is 0 Å². The Morgan fingerprint density at radius 3 is 1.91 bits per heavy atom. The summed E-state index contributed by atoms with van der Waals surface area (Å²) >= 11 is 0.